The van der Waals surface area contributed by atoms with Crippen molar-refractivity contribution in [3.8, 4) is 5.75 Å². The molecule has 0 aliphatic heterocycles. The molecule has 4 nitrogen and oxygen atoms in total. The van der Waals surface area contributed by atoms with E-state index >= 15 is 0 Å². The quantitative estimate of drug-likeness (QED) is 0.690. The molecule has 134 valence electrons. The molecule has 0 heterocycles. The molecule has 0 atom stereocenters. The molecule has 0 saturated heterocycles. The Labute approximate surface area is 150 Å². The molecule has 0 bridgehead atoms. The van der Waals surface area contributed by atoms with Gasteiger partial charge in [-0.3, -0.25) is 4.79 Å². The van der Waals surface area contributed by atoms with Crippen molar-refractivity contribution in [2.24, 2.45) is 5.92 Å². The van der Waals surface area contributed by atoms with Crippen LogP contribution >= 0.6 is 0 Å². The first-order valence-corrected chi connectivity index (χ1v) is 8.91. The third kappa shape index (κ3) is 7.75. The average Bonchev–Trinajstić information content (AvgIpc) is 2.62. The summed E-state index contributed by atoms with van der Waals surface area (Å²) in [6.45, 7) is 6.01. The zero-order chi connectivity index (χ0) is 17.9. The molecule has 0 fully saturated rings. The van der Waals surface area contributed by atoms with Gasteiger partial charge in [-0.2, -0.15) is 0 Å². The lowest BCUT2D eigenvalue weighted by molar-refractivity contribution is -0.119. The summed E-state index contributed by atoms with van der Waals surface area (Å²) in [5.41, 5.74) is 2.14. The third-order valence-corrected chi connectivity index (χ3v) is 3.85. The lowest BCUT2D eigenvalue weighted by atomic mass is 10.1. The molecular formula is C21H28N2O2. The topological polar surface area (TPSA) is 50.4 Å². The Hall–Kier alpha value is -2.49. The Kier molecular flexibility index (Phi) is 7.83. The van der Waals surface area contributed by atoms with Gasteiger partial charge in [0.2, 0.25) is 5.91 Å². The molecule has 2 N–H and O–H groups in total. The van der Waals surface area contributed by atoms with Gasteiger partial charge in [-0.05, 0) is 48.6 Å². The minimum atomic E-state index is -0.00630. The number of ether oxygens (including phenoxy) is 1. The number of nitrogens with one attached hydrogen (secondary N) is 2. The highest BCUT2D eigenvalue weighted by molar-refractivity contribution is 5.80. The summed E-state index contributed by atoms with van der Waals surface area (Å²) in [5.74, 6) is 1.49. The summed E-state index contributed by atoms with van der Waals surface area (Å²) in [6.07, 6.45) is 1.89. The summed E-state index contributed by atoms with van der Waals surface area (Å²) in [4.78, 5) is 11.9. The maximum Gasteiger partial charge on any atom is 0.239 e. The number of anilines is 1. The summed E-state index contributed by atoms with van der Waals surface area (Å²) >= 11 is 0. The van der Waals surface area contributed by atoms with Gasteiger partial charge >= 0.3 is 0 Å². The second-order valence-corrected chi connectivity index (χ2v) is 6.49. The van der Waals surface area contributed by atoms with Gasteiger partial charge in [-0.15, -0.1) is 0 Å². The molecule has 0 aromatic heterocycles. The van der Waals surface area contributed by atoms with E-state index in [-0.39, 0.29) is 12.5 Å². The molecular weight excluding hydrogens is 312 g/mol. The molecule has 0 radical (unpaired) electrons. The van der Waals surface area contributed by atoms with Crippen LogP contribution < -0.4 is 15.4 Å². The minimum Gasteiger partial charge on any atom is -0.494 e. The van der Waals surface area contributed by atoms with E-state index in [1.54, 1.807) is 0 Å². The van der Waals surface area contributed by atoms with Crippen molar-refractivity contribution in [1.29, 1.82) is 0 Å². The Morgan fingerprint density at radius 3 is 2.44 bits per heavy atom. The monoisotopic (exact) mass is 340 g/mol. The fraction of sp³-hybridized carbons (Fsp3) is 0.381. The van der Waals surface area contributed by atoms with Crippen LogP contribution in [-0.2, 0) is 11.2 Å². The van der Waals surface area contributed by atoms with Gasteiger partial charge in [-0.25, -0.2) is 0 Å². The SMILES string of the molecule is CC(C)CCOc1ccc(NCC(=O)NCCc2ccccc2)cc1. The van der Waals surface area contributed by atoms with E-state index in [4.69, 9.17) is 4.74 Å². The van der Waals surface area contributed by atoms with Gasteiger partial charge in [0.05, 0.1) is 13.2 Å². The van der Waals surface area contributed by atoms with Gasteiger partial charge in [-0.1, -0.05) is 44.2 Å². The summed E-state index contributed by atoms with van der Waals surface area (Å²) in [5, 5.41) is 6.05. The highest BCUT2D eigenvalue weighted by Gasteiger charge is 2.02. The number of carbonyl (C=O) groups is 1. The van der Waals surface area contributed by atoms with Crippen molar-refractivity contribution < 1.29 is 9.53 Å². The molecule has 0 unspecified atom stereocenters. The fourth-order valence-corrected chi connectivity index (χ4v) is 2.32. The Morgan fingerprint density at radius 2 is 1.76 bits per heavy atom. The molecule has 0 spiro atoms. The van der Waals surface area contributed by atoms with E-state index < -0.39 is 0 Å². The van der Waals surface area contributed by atoms with Crippen LogP contribution in [-0.4, -0.2) is 25.6 Å². The number of hydrogen-bond donors (Lipinski definition) is 2. The van der Waals surface area contributed by atoms with Crippen LogP contribution in [0.15, 0.2) is 54.6 Å². The molecule has 0 aliphatic rings. The number of amides is 1. The third-order valence-electron chi connectivity index (χ3n) is 3.85. The normalized spacial score (nSPS) is 10.5. The second-order valence-electron chi connectivity index (χ2n) is 6.49. The lowest BCUT2D eigenvalue weighted by Crippen LogP contribution is -2.31. The fourth-order valence-electron chi connectivity index (χ4n) is 2.32. The number of benzene rings is 2. The first kappa shape index (κ1) is 18.8. The summed E-state index contributed by atoms with van der Waals surface area (Å²) in [7, 11) is 0. The number of carbonyl (C=O) groups excluding carboxylic acids is 1. The molecule has 0 aliphatic carbocycles. The van der Waals surface area contributed by atoms with E-state index in [9.17, 15) is 4.79 Å². The molecule has 2 rings (SSSR count). The van der Waals surface area contributed by atoms with Crippen molar-refractivity contribution >= 4 is 11.6 Å². The molecule has 2 aromatic carbocycles. The maximum atomic E-state index is 11.9. The van der Waals surface area contributed by atoms with Gasteiger partial charge < -0.3 is 15.4 Å². The predicted octanol–water partition coefficient (Wildman–Crippen LogP) is 3.88. The van der Waals surface area contributed by atoms with E-state index in [0.717, 1.165) is 30.9 Å². The minimum absolute atomic E-state index is 0.00630. The summed E-state index contributed by atoms with van der Waals surface area (Å²) in [6, 6.07) is 17.9. The van der Waals surface area contributed by atoms with Crippen LogP contribution in [0, 0.1) is 5.92 Å². The Morgan fingerprint density at radius 1 is 1.04 bits per heavy atom. The zero-order valence-corrected chi connectivity index (χ0v) is 15.1. The standard InChI is InChI=1S/C21H28N2O2/c1-17(2)13-15-25-20-10-8-19(9-11-20)23-16-21(24)22-14-12-18-6-4-3-5-7-18/h3-11,17,23H,12-16H2,1-2H3,(H,22,24). The van der Waals surface area contributed by atoms with Crippen molar-refractivity contribution in [2.45, 2.75) is 26.7 Å². The van der Waals surface area contributed by atoms with Gasteiger partial charge in [0, 0.05) is 12.2 Å². The van der Waals surface area contributed by atoms with Crippen LogP contribution in [0.5, 0.6) is 5.75 Å². The molecule has 25 heavy (non-hydrogen) atoms. The lowest BCUT2D eigenvalue weighted by Gasteiger charge is -2.10. The van der Waals surface area contributed by atoms with Gasteiger partial charge in [0.15, 0.2) is 0 Å². The number of hydrogen-bond acceptors (Lipinski definition) is 3. The largest absolute Gasteiger partial charge is 0.494 e. The molecule has 4 heteroatoms. The van der Waals surface area contributed by atoms with E-state index in [2.05, 4.69) is 36.6 Å². The Bertz CT molecular complexity index is 624. The first-order valence-electron chi connectivity index (χ1n) is 8.91. The van der Waals surface area contributed by atoms with E-state index in [1.807, 2.05) is 42.5 Å². The molecule has 0 saturated carbocycles. The smallest absolute Gasteiger partial charge is 0.239 e. The highest BCUT2D eigenvalue weighted by Crippen LogP contribution is 2.16. The molecule has 1 amide bonds. The van der Waals surface area contributed by atoms with E-state index in [1.165, 1.54) is 5.56 Å². The van der Waals surface area contributed by atoms with E-state index in [0.29, 0.717) is 12.5 Å². The van der Waals surface area contributed by atoms with Gasteiger partial charge in [0.25, 0.3) is 0 Å². The molecule has 2 aromatic rings. The van der Waals surface area contributed by atoms with Crippen molar-refractivity contribution in [2.75, 3.05) is 25.0 Å². The zero-order valence-electron chi connectivity index (χ0n) is 15.1. The van der Waals surface area contributed by atoms with Crippen LogP contribution in [0.3, 0.4) is 0 Å². The predicted molar refractivity (Wildman–Crippen MR) is 103 cm³/mol. The summed E-state index contributed by atoms with van der Waals surface area (Å²) < 4.78 is 5.69. The van der Waals surface area contributed by atoms with Crippen LogP contribution in [0.25, 0.3) is 0 Å². The highest BCUT2D eigenvalue weighted by atomic mass is 16.5. The maximum absolute atomic E-state index is 11.9. The van der Waals surface area contributed by atoms with Crippen LogP contribution in [0.4, 0.5) is 5.69 Å². The van der Waals surface area contributed by atoms with Gasteiger partial charge in [0.1, 0.15) is 5.75 Å². The average molecular weight is 340 g/mol. The van der Waals surface area contributed by atoms with Crippen LogP contribution in [0.2, 0.25) is 0 Å². The van der Waals surface area contributed by atoms with Crippen molar-refractivity contribution in [3.05, 3.63) is 60.2 Å². The Balaban J connectivity index is 1.64. The van der Waals surface area contributed by atoms with Crippen molar-refractivity contribution in [1.82, 2.24) is 5.32 Å². The second kappa shape index (κ2) is 10.4. The van der Waals surface area contributed by atoms with Crippen LogP contribution in [0.1, 0.15) is 25.8 Å². The van der Waals surface area contributed by atoms with Crippen molar-refractivity contribution in [3.63, 3.8) is 0 Å². The first-order chi connectivity index (χ1) is 12.1. The number of rotatable bonds is 10.